The molecule has 2 aromatic carbocycles. The summed E-state index contributed by atoms with van der Waals surface area (Å²) in [6, 6.07) is 25.6. The lowest BCUT2D eigenvalue weighted by molar-refractivity contribution is 0.602. The topological polar surface area (TPSA) is 13.1 Å². The van der Waals surface area contributed by atoms with Gasteiger partial charge in [0.1, 0.15) is 5.50 Å². The Morgan fingerprint density at radius 1 is 0.750 bits per heavy atom. The minimum atomic E-state index is -1.65. The Balaban J connectivity index is 2.27. The molecule has 1 radical (unpaired) electrons. The van der Waals surface area contributed by atoms with E-state index >= 15 is 0 Å². The zero-order valence-corrected chi connectivity index (χ0v) is 12.5. The van der Waals surface area contributed by atoms with Crippen molar-refractivity contribution >= 4 is 23.4 Å². The molecule has 101 valence electrons. The minimum Gasteiger partial charge on any atom is -0.464 e. The fourth-order valence-electron chi connectivity index (χ4n) is 2.78. The summed E-state index contributed by atoms with van der Waals surface area (Å²) in [5.41, 5.74) is 1.11. The zero-order valence-electron chi connectivity index (χ0n) is 11.6. The summed E-state index contributed by atoms with van der Waals surface area (Å²) in [4.78, 5) is 0. The van der Waals surface area contributed by atoms with Crippen LogP contribution in [0, 0.1) is 0 Å². The quantitative estimate of drug-likeness (QED) is 0.666. The van der Waals surface area contributed by atoms with Crippen molar-refractivity contribution in [2.75, 3.05) is 6.16 Å². The standard InChI is InChI=1S/C18H18OP/c1-2-20(18-14-9-15-19-18,16-10-5-3-6-11-16)17-12-7-4-8-13-17/h3-15H,2H2,1H3. The number of hydrogen-bond acceptors (Lipinski definition) is 1. The average Bonchev–Trinajstić information content (AvgIpc) is 3.06. The summed E-state index contributed by atoms with van der Waals surface area (Å²) < 4.78 is 5.85. The Morgan fingerprint density at radius 3 is 1.70 bits per heavy atom. The normalized spacial score (nSPS) is 11.4. The predicted octanol–water partition coefficient (Wildman–Crippen LogP) is 3.59. The van der Waals surface area contributed by atoms with E-state index in [1.807, 2.05) is 6.07 Å². The first kappa shape index (κ1) is 13.1. The Labute approximate surface area is 120 Å². The maximum absolute atomic E-state index is 5.85. The van der Waals surface area contributed by atoms with Crippen LogP contribution >= 0.6 is 7.26 Å². The Morgan fingerprint density at radius 2 is 1.30 bits per heavy atom. The molecule has 2 heteroatoms. The van der Waals surface area contributed by atoms with Crippen LogP contribution in [0.4, 0.5) is 0 Å². The molecule has 0 aliphatic carbocycles. The molecule has 0 unspecified atom stereocenters. The summed E-state index contributed by atoms with van der Waals surface area (Å²) in [6.45, 7) is 2.26. The van der Waals surface area contributed by atoms with Crippen LogP contribution in [0.5, 0.6) is 0 Å². The molecule has 1 heterocycles. The van der Waals surface area contributed by atoms with Gasteiger partial charge >= 0.3 is 0 Å². The highest BCUT2D eigenvalue weighted by Gasteiger charge is 2.34. The van der Waals surface area contributed by atoms with Gasteiger partial charge in [0, 0.05) is 0 Å². The second kappa shape index (κ2) is 5.64. The van der Waals surface area contributed by atoms with Crippen molar-refractivity contribution in [3.8, 4) is 0 Å². The van der Waals surface area contributed by atoms with Crippen molar-refractivity contribution in [3.05, 3.63) is 79.1 Å². The van der Waals surface area contributed by atoms with Gasteiger partial charge in [0.15, 0.2) is 0 Å². The number of rotatable bonds is 4. The maximum Gasteiger partial charge on any atom is 0.129 e. The summed E-state index contributed by atoms with van der Waals surface area (Å²) >= 11 is 0. The number of hydrogen-bond donors (Lipinski definition) is 0. The molecule has 1 aromatic heterocycles. The van der Waals surface area contributed by atoms with Crippen LogP contribution < -0.4 is 16.1 Å². The van der Waals surface area contributed by atoms with Crippen LogP contribution in [-0.2, 0) is 0 Å². The lowest BCUT2D eigenvalue weighted by atomic mass is 10.4. The van der Waals surface area contributed by atoms with Gasteiger partial charge in [-0.1, -0.05) is 67.6 Å². The summed E-state index contributed by atoms with van der Waals surface area (Å²) in [6.07, 6.45) is 2.85. The molecular weight excluding hydrogens is 263 g/mol. The number of furan rings is 1. The van der Waals surface area contributed by atoms with E-state index in [9.17, 15) is 0 Å². The smallest absolute Gasteiger partial charge is 0.129 e. The van der Waals surface area contributed by atoms with Crippen LogP contribution in [0.25, 0.3) is 0 Å². The SMILES string of the molecule is CC[P](c1ccccc1)(c1ccccc1)c1ccco1. The lowest BCUT2D eigenvalue weighted by Gasteiger charge is -2.34. The molecule has 0 aliphatic heterocycles. The van der Waals surface area contributed by atoms with Crippen molar-refractivity contribution in [1.29, 1.82) is 0 Å². The molecule has 0 fully saturated rings. The van der Waals surface area contributed by atoms with Gasteiger partial charge < -0.3 is 4.42 Å². The highest BCUT2D eigenvalue weighted by molar-refractivity contribution is 7.95. The second-order valence-electron chi connectivity index (χ2n) is 4.75. The molecule has 0 N–H and O–H groups in total. The molecule has 20 heavy (non-hydrogen) atoms. The van der Waals surface area contributed by atoms with Crippen molar-refractivity contribution in [2.24, 2.45) is 0 Å². The number of benzene rings is 2. The lowest BCUT2D eigenvalue weighted by Crippen LogP contribution is -2.31. The van der Waals surface area contributed by atoms with Crippen LogP contribution in [0.15, 0.2) is 83.5 Å². The van der Waals surface area contributed by atoms with Crippen molar-refractivity contribution in [2.45, 2.75) is 6.92 Å². The fourth-order valence-corrected chi connectivity index (χ4v) is 6.57. The highest BCUT2D eigenvalue weighted by Crippen LogP contribution is 2.54. The molecule has 0 saturated carbocycles. The summed E-state index contributed by atoms with van der Waals surface area (Å²) in [7, 11) is -1.65. The summed E-state index contributed by atoms with van der Waals surface area (Å²) in [5.74, 6) is 0. The third-order valence-electron chi connectivity index (χ3n) is 3.75. The van der Waals surface area contributed by atoms with Crippen LogP contribution in [0.1, 0.15) is 6.92 Å². The monoisotopic (exact) mass is 281 g/mol. The van der Waals surface area contributed by atoms with Gasteiger partial charge in [-0.05, 0) is 36.2 Å². The van der Waals surface area contributed by atoms with E-state index in [2.05, 4.69) is 73.7 Å². The first-order valence-corrected chi connectivity index (χ1v) is 8.88. The van der Waals surface area contributed by atoms with Gasteiger partial charge in [-0.2, -0.15) is 0 Å². The molecule has 1 nitrogen and oxygen atoms in total. The van der Waals surface area contributed by atoms with Crippen LogP contribution in [0.2, 0.25) is 0 Å². The fraction of sp³-hybridized carbons (Fsp3) is 0.111. The van der Waals surface area contributed by atoms with Crippen molar-refractivity contribution in [3.63, 3.8) is 0 Å². The molecule has 0 saturated heterocycles. The van der Waals surface area contributed by atoms with E-state index in [0.717, 1.165) is 11.7 Å². The van der Waals surface area contributed by atoms with Gasteiger partial charge in [0.2, 0.25) is 0 Å². The van der Waals surface area contributed by atoms with E-state index in [1.54, 1.807) is 6.26 Å². The van der Waals surface area contributed by atoms with E-state index in [1.165, 1.54) is 10.6 Å². The predicted molar refractivity (Wildman–Crippen MR) is 88.0 cm³/mol. The molecule has 0 bridgehead atoms. The summed E-state index contributed by atoms with van der Waals surface area (Å²) in [5, 5.41) is 2.76. The van der Waals surface area contributed by atoms with E-state index in [4.69, 9.17) is 4.42 Å². The maximum atomic E-state index is 5.85. The van der Waals surface area contributed by atoms with E-state index < -0.39 is 7.26 Å². The van der Waals surface area contributed by atoms with Gasteiger partial charge in [0.05, 0.1) is 6.26 Å². The van der Waals surface area contributed by atoms with E-state index in [-0.39, 0.29) is 0 Å². The average molecular weight is 281 g/mol. The minimum absolute atomic E-state index is 1.06. The largest absolute Gasteiger partial charge is 0.464 e. The molecule has 0 spiro atoms. The molecule has 3 aromatic rings. The Kier molecular flexibility index (Phi) is 3.71. The van der Waals surface area contributed by atoms with Crippen molar-refractivity contribution < 1.29 is 4.42 Å². The van der Waals surface area contributed by atoms with Crippen LogP contribution in [0.3, 0.4) is 0 Å². The molecule has 0 amide bonds. The van der Waals surface area contributed by atoms with Gasteiger partial charge in [-0.25, -0.2) is 0 Å². The van der Waals surface area contributed by atoms with E-state index in [0.29, 0.717) is 0 Å². The highest BCUT2D eigenvalue weighted by atomic mass is 31.2. The first-order valence-electron chi connectivity index (χ1n) is 6.91. The zero-order chi connectivity index (χ0) is 13.8. The third-order valence-corrected chi connectivity index (χ3v) is 8.07. The van der Waals surface area contributed by atoms with Gasteiger partial charge in [-0.15, -0.1) is 0 Å². The molecule has 0 aliphatic rings. The third kappa shape index (κ3) is 2.09. The second-order valence-corrected chi connectivity index (χ2v) is 8.47. The van der Waals surface area contributed by atoms with Gasteiger partial charge in [-0.3, -0.25) is 0 Å². The van der Waals surface area contributed by atoms with Gasteiger partial charge in [0.25, 0.3) is 0 Å². The Bertz CT molecular complexity index is 605. The molecule has 3 rings (SSSR count). The van der Waals surface area contributed by atoms with Crippen molar-refractivity contribution in [1.82, 2.24) is 0 Å². The molecule has 0 atom stereocenters. The molecular formula is C18H18OP. The van der Waals surface area contributed by atoms with Crippen LogP contribution in [-0.4, -0.2) is 6.16 Å². The first-order chi connectivity index (χ1) is 9.88. The Hall–Kier alpha value is -1.85.